The third kappa shape index (κ3) is 3.06. The molecule has 1 aromatic heterocycles. The first-order chi connectivity index (χ1) is 11.3. The standard InChI is InChI=1S/C18H23N3O2/c1-20-12-16(11-19-20)14-5-7-21(8-6-14)13-15-3-2-4-17-18(15)23-10-9-22-17/h2-4,11-12,14H,5-10,13H2,1H3. The third-order valence-corrected chi connectivity index (χ3v) is 4.83. The normalized spacial score (nSPS) is 19.0. The molecule has 0 unspecified atom stereocenters. The molecule has 122 valence electrons. The van der Waals surface area contributed by atoms with E-state index in [2.05, 4.69) is 28.3 Å². The largest absolute Gasteiger partial charge is 0.486 e. The van der Waals surface area contributed by atoms with Crippen LogP contribution in [0.3, 0.4) is 0 Å². The minimum Gasteiger partial charge on any atom is -0.486 e. The number of aryl methyl sites for hydroxylation is 1. The van der Waals surface area contributed by atoms with E-state index in [0.29, 0.717) is 19.1 Å². The van der Waals surface area contributed by atoms with Crippen LogP contribution in [0.15, 0.2) is 30.6 Å². The van der Waals surface area contributed by atoms with E-state index < -0.39 is 0 Å². The number of fused-ring (bicyclic) bond motifs is 1. The first-order valence-corrected chi connectivity index (χ1v) is 8.38. The highest BCUT2D eigenvalue weighted by Gasteiger charge is 2.23. The number of para-hydroxylation sites is 1. The molecule has 0 radical (unpaired) electrons. The fourth-order valence-electron chi connectivity index (χ4n) is 3.57. The van der Waals surface area contributed by atoms with Gasteiger partial charge in [-0.15, -0.1) is 0 Å². The number of likely N-dealkylation sites (tertiary alicyclic amines) is 1. The molecule has 0 saturated carbocycles. The lowest BCUT2D eigenvalue weighted by Gasteiger charge is -2.32. The molecule has 0 spiro atoms. The highest BCUT2D eigenvalue weighted by atomic mass is 16.6. The molecule has 23 heavy (non-hydrogen) atoms. The van der Waals surface area contributed by atoms with Crippen LogP contribution in [0.2, 0.25) is 0 Å². The highest BCUT2D eigenvalue weighted by molar-refractivity contribution is 5.47. The van der Waals surface area contributed by atoms with Crippen LogP contribution in [0, 0.1) is 0 Å². The van der Waals surface area contributed by atoms with Crippen molar-refractivity contribution in [1.29, 1.82) is 0 Å². The smallest absolute Gasteiger partial charge is 0.165 e. The van der Waals surface area contributed by atoms with Gasteiger partial charge < -0.3 is 9.47 Å². The van der Waals surface area contributed by atoms with Gasteiger partial charge >= 0.3 is 0 Å². The average Bonchev–Trinajstić information content (AvgIpc) is 3.02. The molecule has 2 aliphatic rings. The van der Waals surface area contributed by atoms with Gasteiger partial charge in [0.2, 0.25) is 0 Å². The quantitative estimate of drug-likeness (QED) is 0.873. The lowest BCUT2D eigenvalue weighted by molar-refractivity contribution is 0.162. The van der Waals surface area contributed by atoms with Gasteiger partial charge in [-0.05, 0) is 43.5 Å². The molecule has 1 aromatic carbocycles. The predicted molar refractivity (Wildman–Crippen MR) is 87.9 cm³/mol. The van der Waals surface area contributed by atoms with Crippen molar-refractivity contribution in [3.63, 3.8) is 0 Å². The zero-order valence-electron chi connectivity index (χ0n) is 13.6. The molecule has 0 N–H and O–H groups in total. The summed E-state index contributed by atoms with van der Waals surface area (Å²) in [7, 11) is 1.99. The van der Waals surface area contributed by atoms with Crippen molar-refractivity contribution >= 4 is 0 Å². The molecule has 2 aromatic rings. The molecule has 2 aliphatic heterocycles. The summed E-state index contributed by atoms with van der Waals surface area (Å²) >= 11 is 0. The second-order valence-corrected chi connectivity index (χ2v) is 6.44. The maximum absolute atomic E-state index is 5.83. The van der Waals surface area contributed by atoms with E-state index in [1.807, 2.05) is 24.0 Å². The van der Waals surface area contributed by atoms with Gasteiger partial charge in [-0.2, -0.15) is 5.10 Å². The van der Waals surface area contributed by atoms with Gasteiger partial charge in [0.1, 0.15) is 13.2 Å². The van der Waals surface area contributed by atoms with E-state index in [9.17, 15) is 0 Å². The third-order valence-electron chi connectivity index (χ3n) is 4.83. The molecular weight excluding hydrogens is 290 g/mol. The first kappa shape index (κ1) is 14.6. The molecular formula is C18H23N3O2. The average molecular weight is 313 g/mol. The minimum absolute atomic E-state index is 0.643. The summed E-state index contributed by atoms with van der Waals surface area (Å²) in [5.41, 5.74) is 2.61. The van der Waals surface area contributed by atoms with Gasteiger partial charge in [0.15, 0.2) is 11.5 Å². The maximum Gasteiger partial charge on any atom is 0.165 e. The summed E-state index contributed by atoms with van der Waals surface area (Å²) in [6, 6.07) is 6.21. The number of nitrogens with zero attached hydrogens (tertiary/aromatic N) is 3. The zero-order valence-corrected chi connectivity index (χ0v) is 13.6. The van der Waals surface area contributed by atoms with E-state index in [-0.39, 0.29) is 0 Å². The van der Waals surface area contributed by atoms with E-state index in [1.165, 1.54) is 24.0 Å². The van der Waals surface area contributed by atoms with Gasteiger partial charge in [0, 0.05) is 25.4 Å². The summed E-state index contributed by atoms with van der Waals surface area (Å²) in [5.74, 6) is 2.47. The Labute approximate surface area is 136 Å². The van der Waals surface area contributed by atoms with Crippen LogP contribution < -0.4 is 9.47 Å². The number of hydrogen-bond donors (Lipinski definition) is 0. The van der Waals surface area contributed by atoms with Crippen LogP contribution in [0.1, 0.15) is 29.9 Å². The monoisotopic (exact) mass is 313 g/mol. The van der Waals surface area contributed by atoms with Crippen molar-refractivity contribution < 1.29 is 9.47 Å². The number of rotatable bonds is 3. The summed E-state index contributed by atoms with van der Waals surface area (Å²) in [5, 5.41) is 4.30. The minimum atomic E-state index is 0.643. The topological polar surface area (TPSA) is 39.5 Å². The molecule has 0 aliphatic carbocycles. The van der Waals surface area contributed by atoms with E-state index in [0.717, 1.165) is 31.1 Å². The lowest BCUT2D eigenvalue weighted by Crippen LogP contribution is -2.32. The molecule has 3 heterocycles. The Bertz CT molecular complexity index is 675. The number of benzene rings is 1. The Kier molecular flexibility index (Phi) is 3.95. The fraction of sp³-hybridized carbons (Fsp3) is 0.500. The van der Waals surface area contributed by atoms with Gasteiger partial charge in [-0.3, -0.25) is 9.58 Å². The highest BCUT2D eigenvalue weighted by Crippen LogP contribution is 2.35. The van der Waals surface area contributed by atoms with Crippen LogP contribution >= 0.6 is 0 Å². The van der Waals surface area contributed by atoms with E-state index in [4.69, 9.17) is 9.47 Å². The van der Waals surface area contributed by atoms with Gasteiger partial charge in [-0.1, -0.05) is 12.1 Å². The van der Waals surface area contributed by atoms with Gasteiger partial charge in [0.25, 0.3) is 0 Å². The van der Waals surface area contributed by atoms with Crippen molar-refractivity contribution in [1.82, 2.24) is 14.7 Å². The van der Waals surface area contributed by atoms with Crippen molar-refractivity contribution in [3.8, 4) is 11.5 Å². The summed E-state index contributed by atoms with van der Waals surface area (Å²) in [6.07, 6.45) is 6.55. The van der Waals surface area contributed by atoms with Crippen molar-refractivity contribution in [2.45, 2.75) is 25.3 Å². The van der Waals surface area contributed by atoms with Crippen LogP contribution in [-0.4, -0.2) is 41.0 Å². The number of piperidine rings is 1. The fourth-order valence-corrected chi connectivity index (χ4v) is 3.57. The number of ether oxygens (including phenoxy) is 2. The van der Waals surface area contributed by atoms with Crippen molar-refractivity contribution in [2.75, 3.05) is 26.3 Å². The summed E-state index contributed by atoms with van der Waals surface area (Å²) in [6.45, 7) is 4.46. The number of hydrogen-bond acceptors (Lipinski definition) is 4. The van der Waals surface area contributed by atoms with E-state index >= 15 is 0 Å². The Morgan fingerprint density at radius 1 is 1.17 bits per heavy atom. The van der Waals surface area contributed by atoms with E-state index in [1.54, 1.807) is 0 Å². The Hall–Kier alpha value is -2.01. The molecule has 0 bridgehead atoms. The van der Waals surface area contributed by atoms with Crippen molar-refractivity contribution in [2.24, 2.45) is 7.05 Å². The van der Waals surface area contributed by atoms with Crippen molar-refractivity contribution in [3.05, 3.63) is 41.7 Å². The van der Waals surface area contributed by atoms with Gasteiger partial charge in [-0.25, -0.2) is 0 Å². The molecule has 1 fully saturated rings. The number of aromatic nitrogens is 2. The second kappa shape index (κ2) is 6.24. The molecule has 5 heteroatoms. The molecule has 5 nitrogen and oxygen atoms in total. The van der Waals surface area contributed by atoms with Crippen LogP contribution in [-0.2, 0) is 13.6 Å². The Morgan fingerprint density at radius 3 is 2.78 bits per heavy atom. The van der Waals surface area contributed by atoms with Crippen LogP contribution in [0.25, 0.3) is 0 Å². The zero-order chi connectivity index (χ0) is 15.6. The Morgan fingerprint density at radius 2 is 2.00 bits per heavy atom. The molecule has 0 atom stereocenters. The molecule has 0 amide bonds. The second-order valence-electron chi connectivity index (χ2n) is 6.44. The maximum atomic E-state index is 5.83. The lowest BCUT2D eigenvalue weighted by atomic mass is 9.91. The SMILES string of the molecule is Cn1cc(C2CCN(Cc3cccc4c3OCCO4)CC2)cn1. The van der Waals surface area contributed by atoms with Crippen LogP contribution in [0.5, 0.6) is 11.5 Å². The molecule has 1 saturated heterocycles. The molecule has 4 rings (SSSR count). The Balaban J connectivity index is 1.40. The van der Waals surface area contributed by atoms with Crippen LogP contribution in [0.4, 0.5) is 0 Å². The van der Waals surface area contributed by atoms with Gasteiger partial charge in [0.05, 0.1) is 6.20 Å². The summed E-state index contributed by atoms with van der Waals surface area (Å²) < 4.78 is 13.4. The summed E-state index contributed by atoms with van der Waals surface area (Å²) in [4.78, 5) is 2.51. The first-order valence-electron chi connectivity index (χ1n) is 8.38. The predicted octanol–water partition coefficient (Wildman–Crippen LogP) is 2.57.